The number of carbonyl (C=O) groups excluding carboxylic acids is 1. The molecule has 0 aliphatic heterocycles. The molecule has 1 aliphatic carbocycles. The minimum atomic E-state index is -1.46. The molecule has 4 N–H and O–H groups in total. The molecule has 3 rings (SSSR count). The van der Waals surface area contributed by atoms with Crippen LogP contribution in [-0.4, -0.2) is 37.3 Å². The summed E-state index contributed by atoms with van der Waals surface area (Å²) in [5, 5.41) is 11.7. The molecule has 3 atom stereocenters. The Bertz CT molecular complexity index is 1150. The molecule has 0 radical (unpaired) electrons. The van der Waals surface area contributed by atoms with Crippen molar-refractivity contribution in [2.45, 2.75) is 92.0 Å². The standard InChI is InChI=1S/C22H35N5O5S/c1-7-8-9-25-18-16(17(28)27(21(25)31)14-10-12(14)2)13(3)15(33-18)11-26(19(23)29)24-20(30)32-22(4,5)6/h12,14,20,24,30H,7-11H2,1-6H3,(H2,23,29)/t12-,14-,20?/m0/s1. The Kier molecular flexibility index (Phi) is 7.37. The molecule has 0 spiro atoms. The average molecular weight is 482 g/mol. The zero-order valence-corrected chi connectivity index (χ0v) is 21.0. The monoisotopic (exact) mass is 481 g/mol. The lowest BCUT2D eigenvalue weighted by Gasteiger charge is -2.29. The molecule has 2 aromatic rings. The van der Waals surface area contributed by atoms with E-state index in [0.717, 1.165) is 24.3 Å². The second-order valence-electron chi connectivity index (χ2n) is 9.71. The van der Waals surface area contributed by atoms with E-state index in [0.29, 0.717) is 33.1 Å². The lowest BCUT2D eigenvalue weighted by atomic mass is 10.2. The van der Waals surface area contributed by atoms with Gasteiger partial charge in [-0.1, -0.05) is 20.3 Å². The maximum Gasteiger partial charge on any atom is 0.332 e. The number of nitrogens with one attached hydrogen (secondary N) is 1. The van der Waals surface area contributed by atoms with Crippen molar-refractivity contribution in [1.29, 1.82) is 0 Å². The number of urea groups is 1. The summed E-state index contributed by atoms with van der Waals surface area (Å²) in [5.41, 5.74) is 7.57. The van der Waals surface area contributed by atoms with E-state index in [1.165, 1.54) is 15.9 Å². The predicted octanol–water partition coefficient (Wildman–Crippen LogP) is 2.39. The number of hydrogen-bond donors (Lipinski definition) is 3. The summed E-state index contributed by atoms with van der Waals surface area (Å²) in [7, 11) is 0. The summed E-state index contributed by atoms with van der Waals surface area (Å²) in [4.78, 5) is 40.0. The van der Waals surface area contributed by atoms with Gasteiger partial charge in [0.15, 0.2) is 0 Å². The summed E-state index contributed by atoms with van der Waals surface area (Å²) >= 11 is 1.29. The number of thiophene rings is 1. The molecule has 0 saturated heterocycles. The van der Waals surface area contributed by atoms with Crippen LogP contribution in [0.5, 0.6) is 0 Å². The van der Waals surface area contributed by atoms with Crippen molar-refractivity contribution in [3.63, 3.8) is 0 Å². The van der Waals surface area contributed by atoms with Crippen LogP contribution in [0.25, 0.3) is 10.2 Å². The van der Waals surface area contributed by atoms with Gasteiger partial charge in [-0.2, -0.15) is 5.43 Å². The number of nitrogens with two attached hydrogens (primary N) is 1. The maximum absolute atomic E-state index is 13.4. The van der Waals surface area contributed by atoms with Crippen LogP contribution in [0.4, 0.5) is 4.79 Å². The van der Waals surface area contributed by atoms with Crippen molar-refractivity contribution in [2.24, 2.45) is 11.7 Å². The molecule has 33 heavy (non-hydrogen) atoms. The first-order valence-corrected chi connectivity index (χ1v) is 12.1. The van der Waals surface area contributed by atoms with Crippen LogP contribution in [0, 0.1) is 12.8 Å². The fourth-order valence-electron chi connectivity index (χ4n) is 3.85. The predicted molar refractivity (Wildman–Crippen MR) is 128 cm³/mol. The molecule has 0 bridgehead atoms. The van der Waals surface area contributed by atoms with Crippen LogP contribution < -0.4 is 22.4 Å². The smallest absolute Gasteiger partial charge is 0.332 e. The summed E-state index contributed by atoms with van der Waals surface area (Å²) < 4.78 is 8.49. The number of aliphatic hydroxyl groups excluding tert-OH is 1. The van der Waals surface area contributed by atoms with Gasteiger partial charge in [-0.15, -0.1) is 11.3 Å². The van der Waals surface area contributed by atoms with Gasteiger partial charge in [0.05, 0.1) is 17.5 Å². The fraction of sp³-hybridized carbons (Fsp3) is 0.682. The van der Waals surface area contributed by atoms with Gasteiger partial charge < -0.3 is 15.6 Å². The average Bonchev–Trinajstić information content (AvgIpc) is 3.30. The van der Waals surface area contributed by atoms with Crippen molar-refractivity contribution in [2.75, 3.05) is 0 Å². The number of nitrogens with zero attached hydrogens (tertiary/aromatic N) is 3. The summed E-state index contributed by atoms with van der Waals surface area (Å²) in [6, 6.07) is -0.880. The lowest BCUT2D eigenvalue weighted by Crippen LogP contribution is -2.52. The van der Waals surface area contributed by atoms with E-state index in [1.807, 2.05) is 20.8 Å². The zero-order valence-electron chi connectivity index (χ0n) is 20.2. The Labute approximate surface area is 196 Å². The second kappa shape index (κ2) is 9.57. The van der Waals surface area contributed by atoms with E-state index < -0.39 is 18.0 Å². The molecule has 10 nitrogen and oxygen atoms in total. The number of aromatic nitrogens is 2. The van der Waals surface area contributed by atoms with Crippen molar-refractivity contribution >= 4 is 27.6 Å². The number of rotatable bonds is 9. The molecule has 2 aromatic heterocycles. The molecule has 2 heterocycles. The second-order valence-corrected chi connectivity index (χ2v) is 10.8. The van der Waals surface area contributed by atoms with Crippen molar-refractivity contribution in [1.82, 2.24) is 19.6 Å². The Morgan fingerprint density at radius 2 is 2.03 bits per heavy atom. The van der Waals surface area contributed by atoms with Gasteiger partial charge in [0.25, 0.3) is 5.56 Å². The Balaban J connectivity index is 2.04. The molecule has 1 unspecified atom stereocenters. The first kappa shape index (κ1) is 25.4. The van der Waals surface area contributed by atoms with Crippen molar-refractivity contribution in [3.8, 4) is 0 Å². The number of hydrogen-bond acceptors (Lipinski definition) is 7. The van der Waals surface area contributed by atoms with Crippen LogP contribution in [0.1, 0.15) is 70.4 Å². The summed E-state index contributed by atoms with van der Waals surface area (Å²) in [6.07, 6.45) is 1.08. The molecule has 1 aliphatic rings. The van der Waals surface area contributed by atoms with E-state index in [-0.39, 0.29) is 23.8 Å². The quantitative estimate of drug-likeness (QED) is 0.372. The molecule has 184 valence electrons. The summed E-state index contributed by atoms with van der Waals surface area (Å²) in [6.45, 7) is 11.7. The van der Waals surface area contributed by atoms with E-state index in [9.17, 15) is 19.5 Å². The number of aryl methyl sites for hydroxylation is 2. The lowest BCUT2D eigenvalue weighted by molar-refractivity contribution is -0.201. The highest BCUT2D eigenvalue weighted by Gasteiger charge is 2.38. The Morgan fingerprint density at radius 3 is 2.55 bits per heavy atom. The summed E-state index contributed by atoms with van der Waals surface area (Å²) in [5.74, 6) is 0.296. The number of ether oxygens (including phenoxy) is 1. The largest absolute Gasteiger partial charge is 0.355 e. The van der Waals surface area contributed by atoms with Gasteiger partial charge in [0.2, 0.25) is 6.41 Å². The van der Waals surface area contributed by atoms with E-state index >= 15 is 0 Å². The minimum absolute atomic E-state index is 0.00627. The van der Waals surface area contributed by atoms with Crippen LogP contribution in [0.15, 0.2) is 9.59 Å². The number of amides is 2. The first-order chi connectivity index (χ1) is 15.4. The number of carbonyl (C=O) groups is 1. The molecule has 2 amide bonds. The van der Waals surface area contributed by atoms with E-state index in [4.69, 9.17) is 10.5 Å². The maximum atomic E-state index is 13.4. The number of aliphatic hydroxyl groups is 1. The van der Waals surface area contributed by atoms with E-state index in [1.54, 1.807) is 25.3 Å². The van der Waals surface area contributed by atoms with Crippen LogP contribution in [0.3, 0.4) is 0 Å². The first-order valence-electron chi connectivity index (χ1n) is 11.3. The van der Waals surface area contributed by atoms with Gasteiger partial charge >= 0.3 is 11.7 Å². The number of hydrazine groups is 1. The molecule has 1 saturated carbocycles. The van der Waals surface area contributed by atoms with Crippen LogP contribution >= 0.6 is 11.3 Å². The normalized spacial score (nSPS) is 19.1. The highest BCUT2D eigenvalue weighted by Crippen LogP contribution is 2.41. The Morgan fingerprint density at radius 1 is 1.39 bits per heavy atom. The number of primary amides is 1. The topological polar surface area (TPSA) is 132 Å². The van der Waals surface area contributed by atoms with Gasteiger partial charge in [0.1, 0.15) is 4.83 Å². The highest BCUT2D eigenvalue weighted by molar-refractivity contribution is 7.18. The van der Waals surface area contributed by atoms with Crippen LogP contribution in [-0.2, 0) is 17.8 Å². The Hall–Kier alpha value is -2.21. The third-order valence-corrected chi connectivity index (χ3v) is 7.07. The van der Waals surface area contributed by atoms with Crippen molar-refractivity contribution < 1.29 is 14.6 Å². The van der Waals surface area contributed by atoms with Gasteiger partial charge in [0, 0.05) is 17.5 Å². The van der Waals surface area contributed by atoms with Gasteiger partial charge in [-0.3, -0.25) is 18.9 Å². The fourth-order valence-corrected chi connectivity index (χ4v) is 5.16. The molecule has 1 fully saturated rings. The van der Waals surface area contributed by atoms with Gasteiger partial charge in [-0.25, -0.2) is 9.59 Å². The van der Waals surface area contributed by atoms with Crippen LogP contribution in [0.2, 0.25) is 0 Å². The SMILES string of the molecule is CCCCn1c(=O)n([C@H]2C[C@@H]2C)c(=O)c2c(C)c(CN(NC(O)OC(C)(C)C)C(N)=O)sc21. The molecular weight excluding hydrogens is 446 g/mol. The minimum Gasteiger partial charge on any atom is -0.355 e. The van der Waals surface area contributed by atoms with Crippen molar-refractivity contribution in [3.05, 3.63) is 31.3 Å². The molecule has 11 heteroatoms. The highest BCUT2D eigenvalue weighted by atomic mass is 32.1. The molecule has 0 aromatic carbocycles. The third kappa shape index (κ3) is 5.48. The molecular formula is C22H35N5O5S. The van der Waals surface area contributed by atoms with E-state index in [2.05, 4.69) is 5.43 Å². The van der Waals surface area contributed by atoms with Gasteiger partial charge in [-0.05, 0) is 52.0 Å². The number of fused-ring (bicyclic) bond motifs is 1. The third-order valence-electron chi connectivity index (χ3n) is 5.77. The zero-order chi connectivity index (χ0) is 24.7. The number of unbranched alkanes of at least 4 members (excludes halogenated alkanes) is 1.